The molecule has 17 heavy (non-hydrogen) atoms. The van der Waals surface area contributed by atoms with E-state index in [2.05, 4.69) is 65.2 Å². The van der Waals surface area contributed by atoms with Gasteiger partial charge in [0.25, 0.3) is 0 Å². The number of nitriles is 2. The SMILES string of the molecule is CC1(C)C(C#N)=C(CBr)NC(C(Br)Br)=C1C#N. The van der Waals surface area contributed by atoms with E-state index >= 15 is 0 Å². The molecule has 0 aromatic rings. The van der Waals surface area contributed by atoms with Crippen LogP contribution in [0.4, 0.5) is 0 Å². The van der Waals surface area contributed by atoms with Crippen LogP contribution in [0.3, 0.4) is 0 Å². The van der Waals surface area contributed by atoms with Gasteiger partial charge in [-0.2, -0.15) is 10.5 Å². The number of hydrogen-bond donors (Lipinski definition) is 1. The van der Waals surface area contributed by atoms with E-state index in [1.807, 2.05) is 13.8 Å². The van der Waals surface area contributed by atoms with Gasteiger partial charge >= 0.3 is 0 Å². The van der Waals surface area contributed by atoms with Gasteiger partial charge in [0.1, 0.15) is 3.74 Å². The standard InChI is InChI=1S/C11H10Br3N3/c1-11(2)6(4-15)8(3-12)17-9(10(13)14)7(11)5-16/h10,17H,3H2,1-2H3. The van der Waals surface area contributed by atoms with Crippen molar-refractivity contribution in [3.8, 4) is 12.1 Å². The van der Waals surface area contributed by atoms with Crippen LogP contribution in [0.25, 0.3) is 0 Å². The van der Waals surface area contributed by atoms with E-state index in [0.717, 1.165) is 11.4 Å². The van der Waals surface area contributed by atoms with Gasteiger partial charge in [-0.1, -0.05) is 61.6 Å². The fraction of sp³-hybridized carbons (Fsp3) is 0.455. The molecule has 0 saturated carbocycles. The predicted octanol–water partition coefficient (Wildman–Crippen LogP) is 3.68. The molecule has 6 heteroatoms. The van der Waals surface area contributed by atoms with E-state index in [1.165, 1.54) is 0 Å². The van der Waals surface area contributed by atoms with Crippen molar-refractivity contribution < 1.29 is 0 Å². The van der Waals surface area contributed by atoms with Gasteiger partial charge in [-0.15, -0.1) is 0 Å². The highest BCUT2D eigenvalue weighted by molar-refractivity contribution is 9.24. The smallest absolute Gasteiger partial charge is 0.110 e. The van der Waals surface area contributed by atoms with Gasteiger partial charge in [0.2, 0.25) is 0 Å². The molecule has 1 aliphatic rings. The second-order valence-electron chi connectivity index (χ2n) is 4.05. The summed E-state index contributed by atoms with van der Waals surface area (Å²) in [6.45, 7) is 3.77. The molecular weight excluding hydrogens is 414 g/mol. The summed E-state index contributed by atoms with van der Waals surface area (Å²) in [7, 11) is 0. The Balaban J connectivity index is 3.46. The highest BCUT2D eigenvalue weighted by atomic mass is 79.9. The van der Waals surface area contributed by atoms with E-state index in [-0.39, 0.29) is 3.74 Å². The molecular formula is C11H10Br3N3. The van der Waals surface area contributed by atoms with Crippen LogP contribution < -0.4 is 5.32 Å². The molecule has 1 N–H and O–H groups in total. The molecule has 0 radical (unpaired) electrons. The van der Waals surface area contributed by atoms with E-state index < -0.39 is 5.41 Å². The number of alkyl halides is 3. The number of nitrogens with zero attached hydrogens (tertiary/aromatic N) is 2. The summed E-state index contributed by atoms with van der Waals surface area (Å²) in [5.74, 6) is 0. The maximum absolute atomic E-state index is 9.28. The number of halogens is 3. The molecule has 0 fully saturated rings. The van der Waals surface area contributed by atoms with Crippen LogP contribution in [0, 0.1) is 28.1 Å². The third-order valence-corrected chi connectivity index (χ3v) is 4.16. The molecule has 0 aliphatic carbocycles. The monoisotopic (exact) mass is 421 g/mol. The Bertz CT molecular complexity index is 475. The quantitative estimate of drug-likeness (QED) is 0.689. The minimum absolute atomic E-state index is 0.141. The van der Waals surface area contributed by atoms with Crippen LogP contribution in [0.5, 0.6) is 0 Å². The van der Waals surface area contributed by atoms with Crippen molar-refractivity contribution in [2.45, 2.75) is 17.6 Å². The normalized spacial score (nSPS) is 18.8. The third kappa shape index (κ3) is 2.59. The third-order valence-electron chi connectivity index (χ3n) is 2.68. The van der Waals surface area contributed by atoms with Crippen LogP contribution in [-0.4, -0.2) is 9.07 Å². The summed E-state index contributed by atoms with van der Waals surface area (Å²) in [6.07, 6.45) is 0. The summed E-state index contributed by atoms with van der Waals surface area (Å²) in [5, 5.41) is 22.2. The maximum Gasteiger partial charge on any atom is 0.110 e. The second kappa shape index (κ2) is 5.56. The Kier molecular flexibility index (Phi) is 4.83. The molecule has 1 rings (SSSR count). The number of allylic oxidation sites excluding steroid dienone is 4. The van der Waals surface area contributed by atoms with Crippen molar-refractivity contribution in [2.24, 2.45) is 5.41 Å². The molecule has 90 valence electrons. The molecule has 0 saturated heterocycles. The summed E-state index contributed by atoms with van der Waals surface area (Å²) >= 11 is 10.1. The van der Waals surface area contributed by atoms with Crippen molar-refractivity contribution in [3.05, 3.63) is 22.5 Å². The lowest BCUT2D eigenvalue weighted by atomic mass is 9.74. The maximum atomic E-state index is 9.28. The van der Waals surface area contributed by atoms with Gasteiger partial charge in [0.05, 0.1) is 29.0 Å². The molecule has 0 aromatic heterocycles. The van der Waals surface area contributed by atoms with Crippen molar-refractivity contribution in [1.82, 2.24) is 5.32 Å². The molecule has 0 bridgehead atoms. The molecule has 0 unspecified atom stereocenters. The molecule has 3 nitrogen and oxygen atoms in total. The first kappa shape index (κ1) is 14.8. The van der Waals surface area contributed by atoms with Crippen LogP contribution in [0.15, 0.2) is 22.5 Å². The van der Waals surface area contributed by atoms with Crippen LogP contribution in [-0.2, 0) is 0 Å². The van der Waals surface area contributed by atoms with Crippen molar-refractivity contribution >= 4 is 47.8 Å². The summed E-state index contributed by atoms with van der Waals surface area (Å²) < 4.78 is -0.141. The lowest BCUT2D eigenvalue weighted by Crippen LogP contribution is -2.34. The zero-order chi connectivity index (χ0) is 13.2. The van der Waals surface area contributed by atoms with Crippen molar-refractivity contribution in [3.63, 3.8) is 0 Å². The minimum atomic E-state index is -0.576. The zero-order valence-corrected chi connectivity index (χ0v) is 14.1. The summed E-state index contributed by atoms with van der Waals surface area (Å²) in [6, 6.07) is 4.38. The predicted molar refractivity (Wildman–Crippen MR) is 77.6 cm³/mol. The van der Waals surface area contributed by atoms with E-state index in [4.69, 9.17) is 0 Å². The molecule has 0 spiro atoms. The zero-order valence-electron chi connectivity index (χ0n) is 9.31. The summed E-state index contributed by atoms with van der Waals surface area (Å²) in [4.78, 5) is 0. The van der Waals surface area contributed by atoms with Gasteiger partial charge in [-0.05, 0) is 0 Å². The lowest BCUT2D eigenvalue weighted by molar-refractivity contribution is 0.534. The summed E-state index contributed by atoms with van der Waals surface area (Å²) in [5.41, 5.74) is 2.14. The first-order chi connectivity index (χ1) is 7.89. The van der Waals surface area contributed by atoms with Gasteiger partial charge in [-0.3, -0.25) is 0 Å². The van der Waals surface area contributed by atoms with Gasteiger partial charge < -0.3 is 5.32 Å². The average Bonchev–Trinajstić information content (AvgIpc) is 2.26. The van der Waals surface area contributed by atoms with Gasteiger partial charge in [-0.25, -0.2) is 0 Å². The molecule has 0 amide bonds. The first-order valence-electron chi connectivity index (χ1n) is 4.79. The first-order valence-corrected chi connectivity index (χ1v) is 7.75. The second-order valence-corrected chi connectivity index (χ2v) is 7.67. The number of dihydropyridines is 1. The Morgan fingerprint density at radius 1 is 1.24 bits per heavy atom. The highest BCUT2D eigenvalue weighted by Gasteiger charge is 2.38. The van der Waals surface area contributed by atoms with E-state index in [1.54, 1.807) is 0 Å². The Morgan fingerprint density at radius 2 is 1.76 bits per heavy atom. The molecule has 0 atom stereocenters. The van der Waals surface area contributed by atoms with E-state index in [0.29, 0.717) is 16.5 Å². The lowest BCUT2D eigenvalue weighted by Gasteiger charge is -2.34. The molecule has 1 aliphatic heterocycles. The Hall–Kier alpha value is -0.300. The van der Waals surface area contributed by atoms with Gasteiger partial charge in [0, 0.05) is 16.4 Å². The van der Waals surface area contributed by atoms with Crippen molar-refractivity contribution in [1.29, 1.82) is 10.5 Å². The van der Waals surface area contributed by atoms with Crippen LogP contribution in [0.2, 0.25) is 0 Å². The van der Waals surface area contributed by atoms with Crippen molar-refractivity contribution in [2.75, 3.05) is 5.33 Å². The van der Waals surface area contributed by atoms with Crippen LogP contribution >= 0.6 is 47.8 Å². The number of hydrogen-bond acceptors (Lipinski definition) is 3. The number of rotatable bonds is 2. The van der Waals surface area contributed by atoms with E-state index in [9.17, 15) is 10.5 Å². The minimum Gasteiger partial charge on any atom is -0.358 e. The van der Waals surface area contributed by atoms with Gasteiger partial charge in [0.15, 0.2) is 0 Å². The number of nitrogens with one attached hydrogen (secondary N) is 1. The largest absolute Gasteiger partial charge is 0.358 e. The Morgan fingerprint density at radius 3 is 2.12 bits per heavy atom. The Labute approximate surface area is 126 Å². The molecule has 0 aromatic carbocycles. The average molecular weight is 424 g/mol. The highest BCUT2D eigenvalue weighted by Crippen LogP contribution is 2.42. The topological polar surface area (TPSA) is 59.6 Å². The fourth-order valence-corrected chi connectivity index (χ4v) is 2.90. The van der Waals surface area contributed by atoms with Crippen LogP contribution in [0.1, 0.15) is 13.8 Å². The molecule has 1 heterocycles. The fourth-order valence-electron chi connectivity index (χ4n) is 1.80.